The van der Waals surface area contributed by atoms with Crippen molar-refractivity contribution in [3.8, 4) is 0 Å². The molecule has 1 atom stereocenters. The zero-order valence-corrected chi connectivity index (χ0v) is 10.5. The van der Waals surface area contributed by atoms with Gasteiger partial charge in [-0.1, -0.05) is 6.08 Å². The van der Waals surface area contributed by atoms with E-state index in [9.17, 15) is 18.0 Å². The maximum atomic E-state index is 11.6. The van der Waals surface area contributed by atoms with Crippen LogP contribution in [-0.4, -0.2) is 56.3 Å². The summed E-state index contributed by atoms with van der Waals surface area (Å²) in [5.74, 6) is -1.45. The molecule has 17 heavy (non-hydrogen) atoms. The van der Waals surface area contributed by atoms with Gasteiger partial charge in [-0.3, -0.25) is 9.59 Å². The second-order valence-corrected chi connectivity index (χ2v) is 6.20. The van der Waals surface area contributed by atoms with Gasteiger partial charge in [-0.05, 0) is 6.42 Å². The van der Waals surface area contributed by atoms with Crippen molar-refractivity contribution in [3.05, 3.63) is 12.7 Å². The lowest BCUT2D eigenvalue weighted by molar-refractivity contribution is -0.145. The molecule has 1 heterocycles. The molecule has 1 N–H and O–H groups in total. The van der Waals surface area contributed by atoms with Gasteiger partial charge in [-0.2, -0.15) is 0 Å². The summed E-state index contributed by atoms with van der Waals surface area (Å²) in [6.45, 7) is 3.62. The first-order valence-corrected chi connectivity index (χ1v) is 7.06. The van der Waals surface area contributed by atoms with Crippen LogP contribution in [0, 0.1) is 0 Å². The van der Waals surface area contributed by atoms with E-state index in [1.54, 1.807) is 0 Å². The Balaban J connectivity index is 2.58. The molecule has 0 spiro atoms. The molecular weight excluding hydrogens is 244 g/mol. The van der Waals surface area contributed by atoms with Crippen molar-refractivity contribution < 1.29 is 18.0 Å². The van der Waals surface area contributed by atoms with Crippen molar-refractivity contribution in [2.24, 2.45) is 0 Å². The molecule has 1 unspecified atom stereocenters. The second kappa shape index (κ2) is 5.31. The molecule has 0 aromatic carbocycles. The zero-order chi connectivity index (χ0) is 13.1. The summed E-state index contributed by atoms with van der Waals surface area (Å²) in [7, 11) is -1.61. The van der Waals surface area contributed by atoms with Crippen LogP contribution >= 0.6 is 0 Å². The Morgan fingerprint density at radius 1 is 1.53 bits per heavy atom. The standard InChI is InChI=1S/C10H16N2O4S/c1-3-5-11-9(13)10(14)12(2)8-4-6-17(15,16)7-8/h3,8H,1,4-7H2,2H3,(H,11,13). The lowest BCUT2D eigenvalue weighted by Gasteiger charge is -2.22. The first-order chi connectivity index (χ1) is 7.87. The summed E-state index contributed by atoms with van der Waals surface area (Å²) in [6.07, 6.45) is 1.85. The topological polar surface area (TPSA) is 83.6 Å². The summed E-state index contributed by atoms with van der Waals surface area (Å²) in [4.78, 5) is 24.2. The molecule has 7 heteroatoms. The van der Waals surface area contributed by atoms with Gasteiger partial charge in [0.05, 0.1) is 11.5 Å². The predicted molar refractivity (Wildman–Crippen MR) is 63.0 cm³/mol. The van der Waals surface area contributed by atoms with Crippen molar-refractivity contribution in [2.75, 3.05) is 25.1 Å². The lowest BCUT2D eigenvalue weighted by atomic mass is 10.2. The minimum absolute atomic E-state index is 0.0655. The fraction of sp³-hybridized carbons (Fsp3) is 0.600. The van der Waals surface area contributed by atoms with Crippen LogP contribution in [0.2, 0.25) is 0 Å². The molecule has 0 saturated carbocycles. The highest BCUT2D eigenvalue weighted by Crippen LogP contribution is 2.16. The highest BCUT2D eigenvalue weighted by Gasteiger charge is 2.34. The summed E-state index contributed by atoms with van der Waals surface area (Å²) in [5.41, 5.74) is 0. The number of amides is 2. The maximum Gasteiger partial charge on any atom is 0.311 e. The van der Waals surface area contributed by atoms with Gasteiger partial charge in [0.15, 0.2) is 9.84 Å². The highest BCUT2D eigenvalue weighted by molar-refractivity contribution is 7.91. The molecule has 0 aromatic heterocycles. The van der Waals surface area contributed by atoms with E-state index in [4.69, 9.17) is 0 Å². The van der Waals surface area contributed by atoms with E-state index in [1.165, 1.54) is 18.0 Å². The normalized spacial score (nSPS) is 21.8. The molecule has 1 fully saturated rings. The summed E-state index contributed by atoms with van der Waals surface area (Å²) in [5, 5.41) is 2.36. The summed E-state index contributed by atoms with van der Waals surface area (Å²) < 4.78 is 22.5. The maximum absolute atomic E-state index is 11.6. The monoisotopic (exact) mass is 260 g/mol. The molecule has 6 nitrogen and oxygen atoms in total. The smallest absolute Gasteiger partial charge is 0.311 e. The predicted octanol–water partition coefficient (Wildman–Crippen LogP) is -1.07. The summed E-state index contributed by atoms with van der Waals surface area (Å²) in [6, 6.07) is -0.401. The Morgan fingerprint density at radius 3 is 2.65 bits per heavy atom. The molecule has 1 aliphatic rings. The van der Waals surface area contributed by atoms with E-state index >= 15 is 0 Å². The van der Waals surface area contributed by atoms with Crippen LogP contribution in [0.1, 0.15) is 6.42 Å². The van der Waals surface area contributed by atoms with E-state index in [2.05, 4.69) is 11.9 Å². The first-order valence-electron chi connectivity index (χ1n) is 5.23. The molecule has 0 aliphatic carbocycles. The van der Waals surface area contributed by atoms with Crippen LogP contribution in [0.15, 0.2) is 12.7 Å². The van der Waals surface area contributed by atoms with E-state index in [1.807, 2.05) is 0 Å². The van der Waals surface area contributed by atoms with Gasteiger partial charge in [0.1, 0.15) is 0 Å². The SMILES string of the molecule is C=CCNC(=O)C(=O)N(C)C1CCS(=O)(=O)C1. The lowest BCUT2D eigenvalue weighted by Crippen LogP contribution is -2.46. The van der Waals surface area contributed by atoms with Crippen molar-refractivity contribution in [2.45, 2.75) is 12.5 Å². The van der Waals surface area contributed by atoms with Gasteiger partial charge < -0.3 is 10.2 Å². The van der Waals surface area contributed by atoms with Crippen molar-refractivity contribution in [1.82, 2.24) is 10.2 Å². The molecule has 0 radical (unpaired) electrons. The molecule has 2 amide bonds. The van der Waals surface area contributed by atoms with E-state index in [0.717, 1.165) is 0 Å². The number of rotatable bonds is 3. The van der Waals surface area contributed by atoms with Gasteiger partial charge >= 0.3 is 11.8 Å². The number of hydrogen-bond donors (Lipinski definition) is 1. The molecule has 0 aromatic rings. The second-order valence-electron chi connectivity index (χ2n) is 3.97. The Hall–Kier alpha value is -1.37. The van der Waals surface area contributed by atoms with E-state index < -0.39 is 27.7 Å². The number of nitrogens with one attached hydrogen (secondary N) is 1. The fourth-order valence-corrected chi connectivity index (χ4v) is 3.42. The molecule has 96 valence electrons. The average molecular weight is 260 g/mol. The van der Waals surface area contributed by atoms with Crippen LogP contribution in [-0.2, 0) is 19.4 Å². The third-order valence-corrected chi connectivity index (χ3v) is 4.43. The molecule has 1 rings (SSSR count). The Labute approximate surface area is 101 Å². The van der Waals surface area contributed by atoms with Gasteiger partial charge in [0.25, 0.3) is 0 Å². The quantitative estimate of drug-likeness (QED) is 0.517. The van der Waals surface area contributed by atoms with Crippen molar-refractivity contribution in [1.29, 1.82) is 0 Å². The first kappa shape index (κ1) is 13.7. The number of sulfone groups is 1. The van der Waals surface area contributed by atoms with Gasteiger partial charge in [0, 0.05) is 19.6 Å². The number of hydrogen-bond acceptors (Lipinski definition) is 4. The largest absolute Gasteiger partial charge is 0.344 e. The third kappa shape index (κ3) is 3.55. The van der Waals surface area contributed by atoms with Crippen molar-refractivity contribution >= 4 is 21.7 Å². The minimum atomic E-state index is -3.06. The van der Waals surface area contributed by atoms with Gasteiger partial charge in [0.2, 0.25) is 0 Å². The van der Waals surface area contributed by atoms with Crippen molar-refractivity contribution in [3.63, 3.8) is 0 Å². The zero-order valence-electron chi connectivity index (χ0n) is 9.68. The number of carbonyl (C=O) groups excluding carboxylic acids is 2. The number of nitrogens with zero attached hydrogens (tertiary/aromatic N) is 1. The Morgan fingerprint density at radius 2 is 2.18 bits per heavy atom. The van der Waals surface area contributed by atoms with Crippen LogP contribution < -0.4 is 5.32 Å². The number of carbonyl (C=O) groups is 2. The molecule has 1 saturated heterocycles. The van der Waals surface area contributed by atoms with E-state index in [-0.39, 0.29) is 18.1 Å². The van der Waals surface area contributed by atoms with Crippen LogP contribution in [0.5, 0.6) is 0 Å². The van der Waals surface area contributed by atoms with E-state index in [0.29, 0.717) is 6.42 Å². The van der Waals surface area contributed by atoms with Gasteiger partial charge in [-0.25, -0.2) is 8.42 Å². The Bertz CT molecular complexity index is 430. The number of likely N-dealkylation sites (N-methyl/N-ethyl adjacent to an activating group) is 1. The molecule has 0 bridgehead atoms. The summed E-state index contributed by atoms with van der Waals surface area (Å²) >= 11 is 0. The highest BCUT2D eigenvalue weighted by atomic mass is 32.2. The minimum Gasteiger partial charge on any atom is -0.344 e. The van der Waals surface area contributed by atoms with Crippen LogP contribution in [0.3, 0.4) is 0 Å². The molecular formula is C10H16N2O4S. The van der Waals surface area contributed by atoms with Crippen LogP contribution in [0.25, 0.3) is 0 Å². The van der Waals surface area contributed by atoms with Gasteiger partial charge in [-0.15, -0.1) is 6.58 Å². The fourth-order valence-electron chi connectivity index (χ4n) is 1.65. The third-order valence-electron chi connectivity index (χ3n) is 2.68. The van der Waals surface area contributed by atoms with Crippen LogP contribution in [0.4, 0.5) is 0 Å². The molecule has 1 aliphatic heterocycles. The Kier molecular flexibility index (Phi) is 4.28. The average Bonchev–Trinajstić information content (AvgIpc) is 2.64.